The van der Waals surface area contributed by atoms with Gasteiger partial charge in [-0.25, -0.2) is 0 Å². The number of carboxylic acid groups (broad SMARTS) is 1. The van der Waals surface area contributed by atoms with E-state index in [1.54, 1.807) is 24.3 Å². The Morgan fingerprint density at radius 3 is 2.17 bits per heavy atom. The van der Waals surface area contributed by atoms with Gasteiger partial charge in [0.2, 0.25) is 0 Å². The predicted molar refractivity (Wildman–Crippen MR) is 118 cm³/mol. The molecule has 30 heavy (non-hydrogen) atoms. The first-order chi connectivity index (χ1) is 14.5. The molecule has 1 atom stereocenters. The van der Waals surface area contributed by atoms with Crippen molar-refractivity contribution in [3.8, 4) is 5.75 Å². The van der Waals surface area contributed by atoms with E-state index in [0.29, 0.717) is 12.2 Å². The number of carboxylic acids is 1. The van der Waals surface area contributed by atoms with Gasteiger partial charge in [-0.15, -0.1) is 0 Å². The van der Waals surface area contributed by atoms with Crippen LogP contribution in [0.1, 0.15) is 89.5 Å². The highest BCUT2D eigenvalue weighted by Crippen LogP contribution is 2.16. The SMILES string of the molecule is CCCCCCCCCCCCOC(=O)[C@H](CCC(=O)O)NCc1ccccc1O. The Bertz CT molecular complexity index is 605. The largest absolute Gasteiger partial charge is 0.508 e. The topological polar surface area (TPSA) is 95.9 Å². The molecule has 0 bridgehead atoms. The molecule has 1 aromatic carbocycles. The molecule has 0 saturated carbocycles. The van der Waals surface area contributed by atoms with Crippen LogP contribution in [0.5, 0.6) is 5.75 Å². The van der Waals surface area contributed by atoms with Gasteiger partial charge < -0.3 is 20.3 Å². The number of carbonyl (C=O) groups excluding carboxylic acids is 1. The number of aliphatic carboxylic acids is 1. The molecule has 0 fully saturated rings. The van der Waals surface area contributed by atoms with Crippen molar-refractivity contribution in [1.82, 2.24) is 5.32 Å². The van der Waals surface area contributed by atoms with Gasteiger partial charge in [0, 0.05) is 18.5 Å². The molecule has 0 aromatic heterocycles. The number of carbonyl (C=O) groups is 2. The Morgan fingerprint density at radius 1 is 0.967 bits per heavy atom. The smallest absolute Gasteiger partial charge is 0.323 e. The summed E-state index contributed by atoms with van der Waals surface area (Å²) in [6, 6.07) is 6.15. The first-order valence-electron chi connectivity index (χ1n) is 11.4. The maximum Gasteiger partial charge on any atom is 0.323 e. The molecule has 6 heteroatoms. The molecule has 6 nitrogen and oxygen atoms in total. The van der Waals surface area contributed by atoms with Gasteiger partial charge in [0.15, 0.2) is 0 Å². The van der Waals surface area contributed by atoms with Gasteiger partial charge in [-0.2, -0.15) is 0 Å². The number of hydrogen-bond acceptors (Lipinski definition) is 5. The minimum Gasteiger partial charge on any atom is -0.508 e. The minimum atomic E-state index is -0.952. The summed E-state index contributed by atoms with van der Waals surface area (Å²) in [7, 11) is 0. The number of unbranched alkanes of at least 4 members (excludes halogenated alkanes) is 9. The Labute approximate surface area is 181 Å². The van der Waals surface area contributed by atoms with Crippen molar-refractivity contribution in [2.24, 2.45) is 0 Å². The number of aromatic hydroxyl groups is 1. The second kappa shape index (κ2) is 16.7. The van der Waals surface area contributed by atoms with E-state index in [4.69, 9.17) is 9.84 Å². The van der Waals surface area contributed by atoms with E-state index in [-0.39, 0.29) is 25.1 Å². The fourth-order valence-corrected chi connectivity index (χ4v) is 3.33. The summed E-state index contributed by atoms with van der Waals surface area (Å²) in [6.07, 6.45) is 12.1. The first kappa shape index (κ1) is 26.0. The zero-order valence-corrected chi connectivity index (χ0v) is 18.4. The molecule has 0 amide bonds. The number of para-hydroxylation sites is 1. The van der Waals surface area contributed by atoms with Gasteiger partial charge in [-0.3, -0.25) is 9.59 Å². The average molecular weight is 422 g/mol. The summed E-state index contributed by atoms with van der Waals surface area (Å²) in [5.74, 6) is -1.24. The van der Waals surface area contributed by atoms with Crippen LogP contribution in [0.2, 0.25) is 0 Å². The number of esters is 1. The minimum absolute atomic E-state index is 0.119. The number of phenolic OH excluding ortho intramolecular Hbond substituents is 1. The third-order valence-corrected chi connectivity index (χ3v) is 5.20. The number of benzene rings is 1. The molecule has 0 unspecified atom stereocenters. The highest BCUT2D eigenvalue weighted by Gasteiger charge is 2.21. The summed E-state index contributed by atoms with van der Waals surface area (Å²) in [6.45, 7) is 2.85. The van der Waals surface area contributed by atoms with Gasteiger partial charge in [0.1, 0.15) is 11.8 Å². The Kier molecular flexibility index (Phi) is 14.4. The monoisotopic (exact) mass is 421 g/mol. The van der Waals surface area contributed by atoms with Crippen LogP contribution in [0.3, 0.4) is 0 Å². The number of ether oxygens (including phenoxy) is 1. The zero-order valence-electron chi connectivity index (χ0n) is 18.4. The van der Waals surface area contributed by atoms with E-state index >= 15 is 0 Å². The zero-order chi connectivity index (χ0) is 22.0. The highest BCUT2D eigenvalue weighted by molar-refractivity contribution is 5.77. The van der Waals surface area contributed by atoms with Crippen molar-refractivity contribution >= 4 is 11.9 Å². The van der Waals surface area contributed by atoms with Crippen LogP contribution in [0.4, 0.5) is 0 Å². The lowest BCUT2D eigenvalue weighted by molar-refractivity contribution is -0.147. The van der Waals surface area contributed by atoms with E-state index in [1.165, 1.54) is 44.9 Å². The van der Waals surface area contributed by atoms with Crippen LogP contribution >= 0.6 is 0 Å². The van der Waals surface area contributed by atoms with E-state index < -0.39 is 18.0 Å². The van der Waals surface area contributed by atoms with Gasteiger partial charge in [-0.05, 0) is 18.9 Å². The maximum atomic E-state index is 12.4. The fourth-order valence-electron chi connectivity index (χ4n) is 3.33. The molecule has 0 radical (unpaired) electrons. The van der Waals surface area contributed by atoms with Crippen molar-refractivity contribution in [2.45, 2.75) is 96.6 Å². The van der Waals surface area contributed by atoms with E-state index in [1.807, 2.05) is 0 Å². The lowest BCUT2D eigenvalue weighted by Crippen LogP contribution is -2.38. The van der Waals surface area contributed by atoms with Crippen molar-refractivity contribution in [3.63, 3.8) is 0 Å². The Hall–Kier alpha value is -2.08. The quantitative estimate of drug-likeness (QED) is 0.223. The summed E-state index contributed by atoms with van der Waals surface area (Å²) >= 11 is 0. The fraction of sp³-hybridized carbons (Fsp3) is 0.667. The van der Waals surface area contributed by atoms with Crippen LogP contribution in [0.15, 0.2) is 24.3 Å². The van der Waals surface area contributed by atoms with Crippen molar-refractivity contribution in [3.05, 3.63) is 29.8 Å². The molecule has 0 aliphatic carbocycles. The number of nitrogens with one attached hydrogen (secondary N) is 1. The maximum absolute atomic E-state index is 12.4. The molecular formula is C24H39NO5. The molecule has 3 N–H and O–H groups in total. The van der Waals surface area contributed by atoms with Crippen LogP contribution in [-0.4, -0.2) is 34.8 Å². The molecule has 1 aromatic rings. The molecule has 170 valence electrons. The number of phenols is 1. The molecule has 0 saturated heterocycles. The third kappa shape index (κ3) is 12.5. The molecule has 1 rings (SSSR count). The van der Waals surface area contributed by atoms with Gasteiger partial charge in [0.25, 0.3) is 0 Å². The predicted octanol–water partition coefficient (Wildman–Crippen LogP) is 5.18. The molecule has 0 aliphatic rings. The summed E-state index contributed by atoms with van der Waals surface area (Å²) < 4.78 is 5.37. The number of hydrogen-bond donors (Lipinski definition) is 3. The highest BCUT2D eigenvalue weighted by atomic mass is 16.5. The van der Waals surface area contributed by atoms with E-state index in [2.05, 4.69) is 12.2 Å². The summed E-state index contributed by atoms with van der Waals surface area (Å²) in [5, 5.41) is 21.8. The van der Waals surface area contributed by atoms with Crippen LogP contribution in [0.25, 0.3) is 0 Å². The lowest BCUT2D eigenvalue weighted by Gasteiger charge is -2.17. The second-order valence-electron chi connectivity index (χ2n) is 7.84. The number of rotatable bonds is 18. The first-order valence-corrected chi connectivity index (χ1v) is 11.4. The van der Waals surface area contributed by atoms with E-state index in [0.717, 1.165) is 19.3 Å². The molecule has 0 heterocycles. The van der Waals surface area contributed by atoms with Crippen molar-refractivity contribution in [1.29, 1.82) is 0 Å². The third-order valence-electron chi connectivity index (χ3n) is 5.20. The standard InChI is InChI=1S/C24H39NO5/c1-2-3-4-5-6-7-8-9-10-13-18-30-24(29)21(16-17-23(27)28)25-19-20-14-11-12-15-22(20)26/h11-12,14-15,21,25-26H,2-10,13,16-19H2,1H3,(H,27,28)/t21-/m0/s1. The second-order valence-corrected chi connectivity index (χ2v) is 7.84. The van der Waals surface area contributed by atoms with Crippen LogP contribution < -0.4 is 5.32 Å². The van der Waals surface area contributed by atoms with Gasteiger partial charge in [-0.1, -0.05) is 82.9 Å². The normalized spacial score (nSPS) is 11.9. The Morgan fingerprint density at radius 2 is 1.57 bits per heavy atom. The van der Waals surface area contributed by atoms with Crippen LogP contribution in [-0.2, 0) is 20.9 Å². The molecule has 0 aliphatic heterocycles. The van der Waals surface area contributed by atoms with Crippen molar-refractivity contribution in [2.75, 3.05) is 6.61 Å². The van der Waals surface area contributed by atoms with Crippen LogP contribution in [0, 0.1) is 0 Å². The summed E-state index contributed by atoms with van der Waals surface area (Å²) in [4.78, 5) is 23.3. The molecule has 0 spiro atoms. The van der Waals surface area contributed by atoms with Crippen molar-refractivity contribution < 1.29 is 24.5 Å². The van der Waals surface area contributed by atoms with Gasteiger partial charge >= 0.3 is 11.9 Å². The average Bonchev–Trinajstić information content (AvgIpc) is 2.72. The Balaban J connectivity index is 2.24. The van der Waals surface area contributed by atoms with E-state index in [9.17, 15) is 14.7 Å². The van der Waals surface area contributed by atoms with Gasteiger partial charge in [0.05, 0.1) is 6.61 Å². The lowest BCUT2D eigenvalue weighted by atomic mass is 10.1. The molecular weight excluding hydrogens is 382 g/mol. The summed E-state index contributed by atoms with van der Waals surface area (Å²) in [5.41, 5.74) is 0.653.